The molecular formula is C18H20FNO. The van der Waals surface area contributed by atoms with E-state index in [1.54, 1.807) is 6.07 Å². The van der Waals surface area contributed by atoms with Gasteiger partial charge in [-0.05, 0) is 31.4 Å². The lowest BCUT2D eigenvalue weighted by Gasteiger charge is -2.39. The Balaban J connectivity index is 1.77. The van der Waals surface area contributed by atoms with Crippen molar-refractivity contribution in [3.63, 3.8) is 0 Å². The fourth-order valence-corrected chi connectivity index (χ4v) is 2.99. The average Bonchev–Trinajstić information content (AvgIpc) is 2.46. The van der Waals surface area contributed by atoms with Gasteiger partial charge in [0.1, 0.15) is 17.2 Å². The largest absolute Gasteiger partial charge is 0.487 e. The molecule has 1 aliphatic heterocycles. The van der Waals surface area contributed by atoms with E-state index in [1.165, 1.54) is 17.7 Å². The van der Waals surface area contributed by atoms with Crippen LogP contribution in [-0.2, 0) is 6.42 Å². The Morgan fingerprint density at radius 1 is 1.24 bits per heavy atom. The van der Waals surface area contributed by atoms with E-state index in [0.29, 0.717) is 5.75 Å². The quantitative estimate of drug-likeness (QED) is 0.925. The molecule has 1 heterocycles. The van der Waals surface area contributed by atoms with Crippen molar-refractivity contribution in [1.29, 1.82) is 0 Å². The number of nitrogens with two attached hydrogens (primary N) is 1. The van der Waals surface area contributed by atoms with E-state index in [9.17, 15) is 4.39 Å². The van der Waals surface area contributed by atoms with Gasteiger partial charge in [0.25, 0.3) is 0 Å². The second-order valence-electron chi connectivity index (χ2n) is 6.03. The van der Waals surface area contributed by atoms with Crippen molar-refractivity contribution in [3.05, 3.63) is 65.5 Å². The predicted octanol–water partition coefficient (Wildman–Crippen LogP) is 4.00. The lowest BCUT2D eigenvalue weighted by Crippen LogP contribution is -2.40. The van der Waals surface area contributed by atoms with E-state index in [0.717, 1.165) is 24.8 Å². The van der Waals surface area contributed by atoms with Crippen LogP contribution in [0.3, 0.4) is 0 Å². The van der Waals surface area contributed by atoms with Crippen molar-refractivity contribution >= 4 is 0 Å². The summed E-state index contributed by atoms with van der Waals surface area (Å²) in [4.78, 5) is 0. The van der Waals surface area contributed by atoms with Gasteiger partial charge in [-0.1, -0.05) is 36.4 Å². The maximum absolute atomic E-state index is 13.4. The Morgan fingerprint density at radius 3 is 2.76 bits per heavy atom. The maximum atomic E-state index is 13.4. The first-order valence-corrected chi connectivity index (χ1v) is 7.34. The third kappa shape index (κ3) is 3.08. The number of hydrogen-bond acceptors (Lipinski definition) is 2. The van der Waals surface area contributed by atoms with Gasteiger partial charge in [-0.2, -0.15) is 0 Å². The minimum Gasteiger partial charge on any atom is -0.487 e. The molecule has 0 spiro atoms. The first-order valence-electron chi connectivity index (χ1n) is 7.34. The molecule has 0 aromatic heterocycles. The van der Waals surface area contributed by atoms with Gasteiger partial charge in [0.2, 0.25) is 0 Å². The van der Waals surface area contributed by atoms with Crippen molar-refractivity contribution in [2.75, 3.05) is 0 Å². The van der Waals surface area contributed by atoms with Crippen molar-refractivity contribution < 1.29 is 9.13 Å². The molecule has 0 bridgehead atoms. The van der Waals surface area contributed by atoms with E-state index < -0.39 is 0 Å². The molecule has 0 fully saturated rings. The molecule has 2 nitrogen and oxygen atoms in total. The van der Waals surface area contributed by atoms with Crippen LogP contribution in [0, 0.1) is 5.82 Å². The van der Waals surface area contributed by atoms with Gasteiger partial charge < -0.3 is 10.5 Å². The summed E-state index contributed by atoms with van der Waals surface area (Å²) in [5.41, 5.74) is 8.06. The number of rotatable bonds is 3. The molecule has 2 aromatic carbocycles. The van der Waals surface area contributed by atoms with Crippen molar-refractivity contribution in [3.8, 4) is 5.75 Å². The number of aryl methyl sites for hydroxylation is 1. The second kappa shape index (κ2) is 5.49. The van der Waals surface area contributed by atoms with E-state index >= 15 is 0 Å². The van der Waals surface area contributed by atoms with Gasteiger partial charge >= 0.3 is 0 Å². The minimum atomic E-state index is -0.351. The van der Waals surface area contributed by atoms with E-state index in [4.69, 9.17) is 10.5 Å². The number of benzene rings is 2. The topological polar surface area (TPSA) is 35.2 Å². The molecule has 2 atom stereocenters. The molecule has 0 aliphatic carbocycles. The van der Waals surface area contributed by atoms with Crippen LogP contribution >= 0.6 is 0 Å². The van der Waals surface area contributed by atoms with E-state index in [-0.39, 0.29) is 17.5 Å². The molecule has 1 aliphatic rings. The molecule has 2 N–H and O–H groups in total. The highest BCUT2D eigenvalue weighted by Gasteiger charge is 2.35. The summed E-state index contributed by atoms with van der Waals surface area (Å²) in [5.74, 6) is 0.303. The summed E-state index contributed by atoms with van der Waals surface area (Å²) in [5, 5.41) is 0. The number of ether oxygens (including phenoxy) is 1. The van der Waals surface area contributed by atoms with Crippen molar-refractivity contribution in [2.24, 2.45) is 5.73 Å². The van der Waals surface area contributed by atoms with Crippen LogP contribution in [0.15, 0.2) is 48.5 Å². The van der Waals surface area contributed by atoms with E-state index in [1.807, 2.05) is 18.2 Å². The van der Waals surface area contributed by atoms with Crippen LogP contribution in [0.5, 0.6) is 5.75 Å². The van der Waals surface area contributed by atoms with Crippen molar-refractivity contribution in [1.82, 2.24) is 0 Å². The third-order valence-corrected chi connectivity index (χ3v) is 4.17. The normalized spacial score (nSPS) is 24.2. The van der Waals surface area contributed by atoms with Crippen LogP contribution in [-0.4, -0.2) is 5.60 Å². The zero-order valence-electron chi connectivity index (χ0n) is 12.2. The number of hydrogen-bond donors (Lipinski definition) is 1. The molecule has 2 aromatic rings. The van der Waals surface area contributed by atoms with Gasteiger partial charge in [0.05, 0.1) is 0 Å². The van der Waals surface area contributed by atoms with Crippen LogP contribution in [0.2, 0.25) is 0 Å². The molecule has 3 heteroatoms. The lowest BCUT2D eigenvalue weighted by atomic mass is 9.85. The summed E-state index contributed by atoms with van der Waals surface area (Å²) in [6.45, 7) is 2.06. The first kappa shape index (κ1) is 14.1. The first-order chi connectivity index (χ1) is 10.1. The summed E-state index contributed by atoms with van der Waals surface area (Å²) < 4.78 is 19.5. The van der Waals surface area contributed by atoms with Gasteiger partial charge in [0.15, 0.2) is 0 Å². The summed E-state index contributed by atoms with van der Waals surface area (Å²) >= 11 is 0. The van der Waals surface area contributed by atoms with Gasteiger partial charge in [-0.15, -0.1) is 0 Å². The highest BCUT2D eigenvalue weighted by atomic mass is 19.1. The zero-order chi connectivity index (χ0) is 14.9. The van der Waals surface area contributed by atoms with Crippen LogP contribution in [0.1, 0.15) is 36.9 Å². The maximum Gasteiger partial charge on any atom is 0.127 e. The highest BCUT2D eigenvalue weighted by molar-refractivity contribution is 5.39. The molecule has 0 amide bonds. The zero-order valence-corrected chi connectivity index (χ0v) is 12.2. The Hall–Kier alpha value is -1.87. The fraction of sp³-hybridized carbons (Fsp3) is 0.333. The van der Waals surface area contributed by atoms with Crippen LogP contribution in [0.25, 0.3) is 0 Å². The molecule has 3 rings (SSSR count). The Bertz CT molecular complexity index is 628. The van der Waals surface area contributed by atoms with Crippen LogP contribution in [0.4, 0.5) is 4.39 Å². The molecule has 0 radical (unpaired) electrons. The average molecular weight is 285 g/mol. The smallest absolute Gasteiger partial charge is 0.127 e. The molecular weight excluding hydrogens is 265 g/mol. The molecule has 110 valence electrons. The van der Waals surface area contributed by atoms with Crippen molar-refractivity contribution in [2.45, 2.75) is 37.8 Å². The number of fused-ring (bicyclic) bond motifs is 1. The van der Waals surface area contributed by atoms with Crippen LogP contribution < -0.4 is 10.5 Å². The summed E-state index contributed by atoms with van der Waals surface area (Å²) in [6.07, 6.45) is 2.54. The SMILES string of the molecule is CC1(CCc2ccccc2)C[C@@H](N)c2ccc(F)cc2O1. The molecule has 0 saturated heterocycles. The molecule has 1 unspecified atom stereocenters. The van der Waals surface area contributed by atoms with E-state index in [2.05, 4.69) is 19.1 Å². The van der Waals surface area contributed by atoms with Gasteiger partial charge in [-0.25, -0.2) is 4.39 Å². The summed E-state index contributed by atoms with van der Waals surface area (Å²) in [6, 6.07) is 14.8. The molecule has 21 heavy (non-hydrogen) atoms. The Morgan fingerprint density at radius 2 is 2.00 bits per heavy atom. The predicted molar refractivity (Wildman–Crippen MR) is 81.7 cm³/mol. The monoisotopic (exact) mass is 285 g/mol. The number of halogens is 1. The second-order valence-corrected chi connectivity index (χ2v) is 6.03. The minimum absolute atomic E-state index is 0.102. The third-order valence-electron chi connectivity index (χ3n) is 4.17. The fourth-order valence-electron chi connectivity index (χ4n) is 2.99. The van der Waals surface area contributed by atoms with Gasteiger partial charge in [0, 0.05) is 24.1 Å². The van der Waals surface area contributed by atoms with Gasteiger partial charge in [-0.3, -0.25) is 0 Å². The Labute approximate surface area is 124 Å². The molecule has 0 saturated carbocycles. The standard InChI is InChI=1S/C18H20FNO/c1-18(10-9-13-5-3-2-4-6-13)12-16(20)15-8-7-14(19)11-17(15)21-18/h2-8,11,16H,9-10,12,20H2,1H3/t16-,18?/m1/s1. The summed E-state index contributed by atoms with van der Waals surface area (Å²) in [7, 11) is 0. The highest BCUT2D eigenvalue weighted by Crippen LogP contribution is 2.40. The lowest BCUT2D eigenvalue weighted by molar-refractivity contribution is 0.0454. The Kier molecular flexibility index (Phi) is 3.68.